The highest BCUT2D eigenvalue weighted by Gasteiger charge is 2.44. The van der Waals surface area contributed by atoms with Crippen molar-refractivity contribution in [2.45, 2.75) is 57.6 Å². The summed E-state index contributed by atoms with van der Waals surface area (Å²) in [5, 5.41) is 0.427. The predicted octanol–water partition coefficient (Wildman–Crippen LogP) is 3.60. The third-order valence-corrected chi connectivity index (χ3v) is 6.69. The van der Waals surface area contributed by atoms with Gasteiger partial charge in [0.2, 0.25) is 5.91 Å². The first-order valence-corrected chi connectivity index (χ1v) is 8.57. The summed E-state index contributed by atoms with van der Waals surface area (Å²) in [6, 6.07) is 0. The summed E-state index contributed by atoms with van der Waals surface area (Å²) in [4.78, 5) is 11.5. The first-order valence-electron chi connectivity index (χ1n) is 6.19. The van der Waals surface area contributed by atoms with Crippen LogP contribution < -0.4 is 5.73 Å². The molecule has 0 aromatic carbocycles. The van der Waals surface area contributed by atoms with E-state index in [1.807, 2.05) is 17.7 Å². The quantitative estimate of drug-likeness (QED) is 0.562. The van der Waals surface area contributed by atoms with E-state index in [1.165, 1.54) is 32.1 Å². The number of primary amides is 1. The average molecular weight is 261 g/mol. The van der Waals surface area contributed by atoms with Crippen LogP contribution in [0.1, 0.15) is 52.4 Å². The summed E-state index contributed by atoms with van der Waals surface area (Å²) in [7, 11) is 3.66. The average Bonchev–Trinajstić information content (AvgIpc) is 2.61. The Hall–Kier alpha value is 0.170. The van der Waals surface area contributed by atoms with Crippen LogP contribution in [0.15, 0.2) is 0 Å². The SMILES string of the molecule is CCCCCCCC1SSCC1(C)C(N)=O. The van der Waals surface area contributed by atoms with Gasteiger partial charge < -0.3 is 5.73 Å². The second-order valence-electron chi connectivity index (χ2n) is 4.83. The lowest BCUT2D eigenvalue weighted by molar-refractivity contribution is -0.125. The highest BCUT2D eigenvalue weighted by molar-refractivity contribution is 8.77. The monoisotopic (exact) mass is 261 g/mol. The molecule has 0 aromatic rings. The standard InChI is InChI=1S/C12H23NOS2/c1-3-4-5-6-7-8-10-12(2,11(13)14)9-15-16-10/h10H,3-9H2,1-2H3,(H2,13,14). The molecule has 1 rings (SSSR count). The normalized spacial score (nSPS) is 29.5. The topological polar surface area (TPSA) is 43.1 Å². The van der Waals surface area contributed by atoms with Gasteiger partial charge in [0.15, 0.2) is 0 Å². The van der Waals surface area contributed by atoms with Crippen molar-refractivity contribution < 1.29 is 4.79 Å². The Morgan fingerprint density at radius 3 is 2.69 bits per heavy atom. The molecule has 0 radical (unpaired) electrons. The third-order valence-electron chi connectivity index (χ3n) is 3.39. The van der Waals surface area contributed by atoms with Crippen LogP contribution in [0.2, 0.25) is 0 Å². The molecule has 0 saturated carbocycles. The fourth-order valence-electron chi connectivity index (χ4n) is 1.97. The minimum atomic E-state index is -0.278. The van der Waals surface area contributed by atoms with Gasteiger partial charge in [-0.25, -0.2) is 0 Å². The van der Waals surface area contributed by atoms with Gasteiger partial charge in [0, 0.05) is 11.0 Å². The summed E-state index contributed by atoms with van der Waals surface area (Å²) in [6.07, 6.45) is 7.62. The Morgan fingerprint density at radius 1 is 1.38 bits per heavy atom. The number of amides is 1. The van der Waals surface area contributed by atoms with E-state index in [-0.39, 0.29) is 11.3 Å². The van der Waals surface area contributed by atoms with Crippen molar-refractivity contribution in [2.24, 2.45) is 11.1 Å². The van der Waals surface area contributed by atoms with Crippen molar-refractivity contribution in [3.8, 4) is 0 Å². The van der Waals surface area contributed by atoms with Crippen LogP contribution in [-0.2, 0) is 4.79 Å². The van der Waals surface area contributed by atoms with E-state index in [2.05, 4.69) is 6.92 Å². The van der Waals surface area contributed by atoms with Gasteiger partial charge in [-0.1, -0.05) is 60.6 Å². The smallest absolute Gasteiger partial charge is 0.225 e. The zero-order chi connectivity index (χ0) is 12.0. The molecule has 1 saturated heterocycles. The second kappa shape index (κ2) is 6.80. The first kappa shape index (κ1) is 14.2. The van der Waals surface area contributed by atoms with E-state index in [0.717, 1.165) is 12.2 Å². The maximum Gasteiger partial charge on any atom is 0.225 e. The van der Waals surface area contributed by atoms with Crippen LogP contribution in [0.5, 0.6) is 0 Å². The predicted molar refractivity (Wildman–Crippen MR) is 74.5 cm³/mol. The van der Waals surface area contributed by atoms with Crippen molar-refractivity contribution in [3.63, 3.8) is 0 Å². The van der Waals surface area contributed by atoms with E-state index in [1.54, 1.807) is 10.8 Å². The maximum atomic E-state index is 11.5. The molecule has 0 bridgehead atoms. The lowest BCUT2D eigenvalue weighted by Crippen LogP contribution is -2.41. The molecule has 4 heteroatoms. The molecule has 1 fully saturated rings. The van der Waals surface area contributed by atoms with Crippen LogP contribution in [0.3, 0.4) is 0 Å². The summed E-state index contributed by atoms with van der Waals surface area (Å²) >= 11 is 0. The lowest BCUT2D eigenvalue weighted by atomic mass is 9.85. The lowest BCUT2D eigenvalue weighted by Gasteiger charge is -2.25. The van der Waals surface area contributed by atoms with Crippen LogP contribution in [0.25, 0.3) is 0 Å². The van der Waals surface area contributed by atoms with Crippen molar-refractivity contribution >= 4 is 27.5 Å². The highest BCUT2D eigenvalue weighted by Crippen LogP contribution is 2.51. The number of nitrogens with two attached hydrogens (primary N) is 1. The Balaban J connectivity index is 2.28. The van der Waals surface area contributed by atoms with Gasteiger partial charge in [-0.05, 0) is 13.3 Å². The minimum absolute atomic E-state index is 0.122. The number of carbonyl (C=O) groups is 1. The zero-order valence-electron chi connectivity index (χ0n) is 10.3. The van der Waals surface area contributed by atoms with E-state index in [4.69, 9.17) is 5.73 Å². The molecule has 0 aromatic heterocycles. The molecule has 16 heavy (non-hydrogen) atoms. The van der Waals surface area contributed by atoms with E-state index < -0.39 is 0 Å². The summed E-state index contributed by atoms with van der Waals surface area (Å²) in [5.74, 6) is 0.760. The number of unbranched alkanes of at least 4 members (excludes halogenated alkanes) is 4. The van der Waals surface area contributed by atoms with E-state index in [9.17, 15) is 4.79 Å². The minimum Gasteiger partial charge on any atom is -0.369 e. The molecule has 94 valence electrons. The van der Waals surface area contributed by atoms with Gasteiger partial charge in [0.1, 0.15) is 0 Å². The molecule has 2 atom stereocenters. The summed E-state index contributed by atoms with van der Waals surface area (Å²) in [6.45, 7) is 4.26. The molecule has 1 aliphatic rings. The van der Waals surface area contributed by atoms with Crippen LogP contribution >= 0.6 is 21.6 Å². The molecule has 1 aliphatic heterocycles. The Morgan fingerprint density at radius 2 is 2.06 bits per heavy atom. The highest BCUT2D eigenvalue weighted by atomic mass is 33.1. The number of rotatable bonds is 7. The van der Waals surface area contributed by atoms with Crippen molar-refractivity contribution in [3.05, 3.63) is 0 Å². The molecule has 1 heterocycles. The molecule has 2 unspecified atom stereocenters. The first-order chi connectivity index (χ1) is 7.61. The Labute approximate surface area is 107 Å². The fourth-order valence-corrected chi connectivity index (χ4v) is 5.93. The van der Waals surface area contributed by atoms with Crippen LogP contribution in [-0.4, -0.2) is 16.9 Å². The molecular formula is C12H23NOS2. The maximum absolute atomic E-state index is 11.5. The second-order valence-corrected chi connectivity index (χ2v) is 7.40. The summed E-state index contributed by atoms with van der Waals surface area (Å²) in [5.41, 5.74) is 5.23. The van der Waals surface area contributed by atoms with E-state index >= 15 is 0 Å². The molecule has 0 spiro atoms. The van der Waals surface area contributed by atoms with Gasteiger partial charge in [-0.3, -0.25) is 4.79 Å². The number of carbonyl (C=O) groups excluding carboxylic acids is 1. The Bertz CT molecular complexity index is 235. The van der Waals surface area contributed by atoms with Crippen LogP contribution in [0.4, 0.5) is 0 Å². The van der Waals surface area contributed by atoms with Crippen molar-refractivity contribution in [1.82, 2.24) is 0 Å². The molecular weight excluding hydrogens is 238 g/mol. The van der Waals surface area contributed by atoms with Crippen molar-refractivity contribution in [2.75, 3.05) is 5.75 Å². The third kappa shape index (κ3) is 3.59. The van der Waals surface area contributed by atoms with Crippen LogP contribution in [0, 0.1) is 5.41 Å². The summed E-state index contributed by atoms with van der Waals surface area (Å²) < 4.78 is 0. The van der Waals surface area contributed by atoms with E-state index in [0.29, 0.717) is 5.25 Å². The number of hydrogen-bond acceptors (Lipinski definition) is 3. The van der Waals surface area contributed by atoms with Crippen molar-refractivity contribution in [1.29, 1.82) is 0 Å². The molecule has 2 nitrogen and oxygen atoms in total. The fraction of sp³-hybridized carbons (Fsp3) is 0.917. The Kier molecular flexibility index (Phi) is 6.05. The van der Waals surface area contributed by atoms with Gasteiger partial charge in [-0.15, -0.1) is 0 Å². The zero-order valence-corrected chi connectivity index (χ0v) is 12.0. The van der Waals surface area contributed by atoms with Gasteiger partial charge in [0.25, 0.3) is 0 Å². The number of hydrogen-bond donors (Lipinski definition) is 1. The van der Waals surface area contributed by atoms with Gasteiger partial charge >= 0.3 is 0 Å². The van der Waals surface area contributed by atoms with Gasteiger partial charge in [0.05, 0.1) is 5.41 Å². The molecule has 1 amide bonds. The molecule has 2 N–H and O–H groups in total. The molecule has 0 aliphatic carbocycles. The largest absolute Gasteiger partial charge is 0.369 e. The van der Waals surface area contributed by atoms with Gasteiger partial charge in [-0.2, -0.15) is 0 Å².